The van der Waals surface area contributed by atoms with Crippen molar-refractivity contribution in [3.8, 4) is 0 Å². The third-order valence-corrected chi connectivity index (χ3v) is 2.68. The van der Waals surface area contributed by atoms with Gasteiger partial charge in [0.15, 0.2) is 0 Å². The van der Waals surface area contributed by atoms with Gasteiger partial charge in [0, 0.05) is 12.1 Å². The highest BCUT2D eigenvalue weighted by Crippen LogP contribution is 2.23. The third kappa shape index (κ3) is 2.20. The Morgan fingerprint density at radius 3 is 2.67 bits per heavy atom. The molecule has 0 aromatic heterocycles. The fraction of sp³-hybridized carbons (Fsp3) is 0.462. The summed E-state index contributed by atoms with van der Waals surface area (Å²) >= 11 is 0. The van der Waals surface area contributed by atoms with Crippen LogP contribution in [-0.4, -0.2) is 18.9 Å². The monoisotopic (exact) mass is 202 g/mol. The molecule has 0 bridgehead atoms. The summed E-state index contributed by atoms with van der Waals surface area (Å²) in [6.07, 6.45) is 0. The summed E-state index contributed by atoms with van der Waals surface area (Å²) < 4.78 is 0. The maximum atomic E-state index is 4.43. The van der Waals surface area contributed by atoms with Gasteiger partial charge in [0.05, 0.1) is 6.54 Å². The van der Waals surface area contributed by atoms with E-state index in [1.54, 1.807) is 0 Å². The minimum Gasteiger partial charge on any atom is -0.368 e. The Kier molecular flexibility index (Phi) is 2.51. The van der Waals surface area contributed by atoms with Gasteiger partial charge in [0.25, 0.3) is 0 Å². The van der Waals surface area contributed by atoms with Crippen LogP contribution in [0, 0.1) is 0 Å². The number of hydrogen-bond acceptors (Lipinski definition) is 2. The van der Waals surface area contributed by atoms with Gasteiger partial charge in [-0.2, -0.15) is 0 Å². The number of aliphatic imine (C=N–C) groups is 1. The average molecular weight is 202 g/mol. The minimum atomic E-state index is 0.204. The second-order valence-electron chi connectivity index (χ2n) is 4.99. The van der Waals surface area contributed by atoms with E-state index in [0.717, 1.165) is 18.9 Å². The molecule has 0 atom stereocenters. The van der Waals surface area contributed by atoms with E-state index in [4.69, 9.17) is 0 Å². The second-order valence-corrected chi connectivity index (χ2v) is 4.99. The van der Waals surface area contributed by atoms with Crippen molar-refractivity contribution in [2.45, 2.75) is 26.2 Å². The first-order chi connectivity index (χ1) is 7.07. The summed E-state index contributed by atoms with van der Waals surface area (Å²) in [6.45, 7) is 8.56. The van der Waals surface area contributed by atoms with Crippen molar-refractivity contribution in [3.05, 3.63) is 35.4 Å². The molecule has 80 valence electrons. The van der Waals surface area contributed by atoms with Crippen molar-refractivity contribution in [1.29, 1.82) is 0 Å². The molecule has 1 aliphatic heterocycles. The predicted molar refractivity (Wildman–Crippen MR) is 64.5 cm³/mol. The second kappa shape index (κ2) is 3.69. The summed E-state index contributed by atoms with van der Waals surface area (Å²) in [7, 11) is 0. The number of amidine groups is 1. The lowest BCUT2D eigenvalue weighted by atomic mass is 9.86. The number of nitrogens with one attached hydrogen (secondary N) is 1. The Hall–Kier alpha value is -1.31. The molecular weight excluding hydrogens is 184 g/mol. The molecule has 1 heterocycles. The van der Waals surface area contributed by atoms with Gasteiger partial charge in [0.1, 0.15) is 5.84 Å². The van der Waals surface area contributed by atoms with E-state index in [-0.39, 0.29) is 5.41 Å². The maximum Gasteiger partial charge on any atom is 0.128 e. The van der Waals surface area contributed by atoms with Crippen LogP contribution >= 0.6 is 0 Å². The lowest BCUT2D eigenvalue weighted by Gasteiger charge is -2.19. The Labute approximate surface area is 91.4 Å². The van der Waals surface area contributed by atoms with Crippen LogP contribution in [0.1, 0.15) is 31.9 Å². The first-order valence-corrected chi connectivity index (χ1v) is 5.46. The number of hydrogen-bond donors (Lipinski definition) is 1. The standard InChI is InChI=1S/C13H18N2/c1-13(2,3)11-6-4-5-10(9-11)12-14-7-8-15-12/h4-6,9H,7-8H2,1-3H3,(H,14,15). The summed E-state index contributed by atoms with van der Waals surface area (Å²) in [5.74, 6) is 1.04. The summed E-state index contributed by atoms with van der Waals surface area (Å²) in [5.41, 5.74) is 2.77. The van der Waals surface area contributed by atoms with Crippen LogP contribution in [0.2, 0.25) is 0 Å². The van der Waals surface area contributed by atoms with E-state index in [9.17, 15) is 0 Å². The smallest absolute Gasteiger partial charge is 0.128 e. The lowest BCUT2D eigenvalue weighted by Crippen LogP contribution is -2.20. The molecule has 1 aliphatic rings. The maximum absolute atomic E-state index is 4.43. The topological polar surface area (TPSA) is 24.4 Å². The van der Waals surface area contributed by atoms with Gasteiger partial charge in [-0.05, 0) is 17.0 Å². The average Bonchev–Trinajstić information content (AvgIpc) is 2.69. The van der Waals surface area contributed by atoms with Crippen molar-refractivity contribution < 1.29 is 0 Å². The molecular formula is C13H18N2. The lowest BCUT2D eigenvalue weighted by molar-refractivity contribution is 0.590. The Morgan fingerprint density at radius 2 is 2.07 bits per heavy atom. The first-order valence-electron chi connectivity index (χ1n) is 5.46. The highest BCUT2D eigenvalue weighted by atomic mass is 15.1. The number of benzene rings is 1. The largest absolute Gasteiger partial charge is 0.368 e. The highest BCUT2D eigenvalue weighted by Gasteiger charge is 2.15. The minimum absolute atomic E-state index is 0.204. The molecule has 0 fully saturated rings. The van der Waals surface area contributed by atoms with Gasteiger partial charge >= 0.3 is 0 Å². The van der Waals surface area contributed by atoms with Crippen LogP contribution in [0.15, 0.2) is 29.3 Å². The summed E-state index contributed by atoms with van der Waals surface area (Å²) in [5, 5.41) is 3.30. The molecule has 0 amide bonds. The van der Waals surface area contributed by atoms with Crippen molar-refractivity contribution in [1.82, 2.24) is 5.32 Å². The van der Waals surface area contributed by atoms with Crippen molar-refractivity contribution in [3.63, 3.8) is 0 Å². The van der Waals surface area contributed by atoms with E-state index in [1.165, 1.54) is 11.1 Å². The number of nitrogens with zero attached hydrogens (tertiary/aromatic N) is 1. The van der Waals surface area contributed by atoms with Gasteiger partial charge < -0.3 is 5.32 Å². The van der Waals surface area contributed by atoms with Crippen molar-refractivity contribution in [2.24, 2.45) is 4.99 Å². The summed E-state index contributed by atoms with van der Waals surface area (Å²) in [6, 6.07) is 8.64. The molecule has 1 aromatic carbocycles. The predicted octanol–water partition coefficient (Wildman–Crippen LogP) is 2.33. The van der Waals surface area contributed by atoms with E-state index in [2.05, 4.69) is 55.3 Å². The number of rotatable bonds is 1. The molecule has 1 aromatic rings. The molecule has 0 spiro atoms. The van der Waals surface area contributed by atoms with Gasteiger partial charge in [-0.3, -0.25) is 4.99 Å². The molecule has 1 N–H and O–H groups in total. The SMILES string of the molecule is CC(C)(C)c1cccc(C2=NCCN2)c1. The van der Waals surface area contributed by atoms with Gasteiger partial charge in [0.2, 0.25) is 0 Å². The van der Waals surface area contributed by atoms with Crippen LogP contribution in [0.5, 0.6) is 0 Å². The molecule has 0 saturated carbocycles. The van der Waals surface area contributed by atoms with Crippen LogP contribution in [0.3, 0.4) is 0 Å². The highest BCUT2D eigenvalue weighted by molar-refractivity contribution is 5.99. The van der Waals surface area contributed by atoms with Crippen molar-refractivity contribution >= 4 is 5.84 Å². The van der Waals surface area contributed by atoms with Gasteiger partial charge in [-0.25, -0.2) is 0 Å². The molecule has 2 nitrogen and oxygen atoms in total. The zero-order valence-electron chi connectivity index (χ0n) is 9.67. The molecule has 2 heteroatoms. The van der Waals surface area contributed by atoms with Crippen LogP contribution in [-0.2, 0) is 5.41 Å². The molecule has 0 aliphatic carbocycles. The molecule has 2 rings (SSSR count). The van der Waals surface area contributed by atoms with Gasteiger partial charge in [-0.15, -0.1) is 0 Å². The van der Waals surface area contributed by atoms with Gasteiger partial charge in [-0.1, -0.05) is 39.0 Å². The zero-order valence-corrected chi connectivity index (χ0v) is 9.67. The third-order valence-electron chi connectivity index (χ3n) is 2.68. The Bertz CT molecular complexity index is 386. The van der Waals surface area contributed by atoms with E-state index in [1.807, 2.05) is 0 Å². The normalized spacial score (nSPS) is 16.1. The Morgan fingerprint density at radius 1 is 1.27 bits per heavy atom. The van der Waals surface area contributed by atoms with Crippen LogP contribution in [0.25, 0.3) is 0 Å². The summed E-state index contributed by atoms with van der Waals surface area (Å²) in [4.78, 5) is 4.43. The van der Waals surface area contributed by atoms with E-state index < -0.39 is 0 Å². The van der Waals surface area contributed by atoms with Crippen LogP contribution in [0.4, 0.5) is 0 Å². The molecule has 15 heavy (non-hydrogen) atoms. The van der Waals surface area contributed by atoms with E-state index >= 15 is 0 Å². The fourth-order valence-corrected chi connectivity index (χ4v) is 1.72. The van der Waals surface area contributed by atoms with Crippen molar-refractivity contribution in [2.75, 3.05) is 13.1 Å². The Balaban J connectivity index is 2.34. The van der Waals surface area contributed by atoms with Crippen LogP contribution < -0.4 is 5.32 Å². The zero-order chi connectivity index (χ0) is 10.9. The quantitative estimate of drug-likeness (QED) is 0.742. The first kappa shape index (κ1) is 10.2. The van der Waals surface area contributed by atoms with E-state index in [0.29, 0.717) is 0 Å². The molecule has 0 radical (unpaired) electrons. The molecule has 0 saturated heterocycles. The molecule has 0 unspecified atom stereocenters. The fourth-order valence-electron chi connectivity index (χ4n) is 1.72.